The normalized spacial score (nSPS) is 19.3. The number of nitrogens with zero attached hydrogens (tertiary/aromatic N) is 1. The van der Waals surface area contributed by atoms with Crippen LogP contribution in [0.25, 0.3) is 0 Å². The third-order valence-corrected chi connectivity index (χ3v) is 3.50. The van der Waals surface area contributed by atoms with Gasteiger partial charge in [-0.15, -0.1) is 13.2 Å². The van der Waals surface area contributed by atoms with Crippen molar-refractivity contribution in [1.82, 2.24) is 4.90 Å². The van der Waals surface area contributed by atoms with Gasteiger partial charge in [0.05, 0.1) is 13.2 Å². The second-order valence-electron chi connectivity index (χ2n) is 5.47. The average molecular weight is 333 g/mol. The van der Waals surface area contributed by atoms with Gasteiger partial charge in [0, 0.05) is 12.5 Å². The van der Waals surface area contributed by atoms with E-state index < -0.39 is 12.3 Å². The van der Waals surface area contributed by atoms with Crippen molar-refractivity contribution in [3.05, 3.63) is 24.3 Å². The molecule has 8 heteroatoms. The van der Waals surface area contributed by atoms with Crippen LogP contribution in [0.4, 0.5) is 13.2 Å². The number of aliphatic carboxylic acids is 1. The number of carbonyl (C=O) groups is 1. The lowest BCUT2D eigenvalue weighted by atomic mass is 9.99. The Morgan fingerprint density at radius 3 is 2.52 bits per heavy atom. The number of hydrogen-bond donors (Lipinski definition) is 1. The molecule has 1 aromatic carbocycles. The van der Waals surface area contributed by atoms with Crippen LogP contribution in [0.1, 0.15) is 12.8 Å². The molecule has 0 radical (unpaired) electrons. The van der Waals surface area contributed by atoms with Crippen molar-refractivity contribution >= 4 is 5.97 Å². The Morgan fingerprint density at radius 2 is 1.91 bits per heavy atom. The topological polar surface area (TPSA) is 59.0 Å². The molecule has 2 rings (SSSR count). The van der Waals surface area contributed by atoms with Gasteiger partial charge in [0.25, 0.3) is 0 Å². The molecule has 1 atom stereocenters. The minimum atomic E-state index is -4.71. The number of ether oxygens (including phenoxy) is 2. The lowest BCUT2D eigenvalue weighted by molar-refractivity contribution is -0.274. The molecule has 0 spiro atoms. The molecule has 128 valence electrons. The van der Waals surface area contributed by atoms with Crippen molar-refractivity contribution < 1.29 is 32.5 Å². The molecule has 1 saturated heterocycles. The zero-order valence-corrected chi connectivity index (χ0v) is 12.4. The van der Waals surface area contributed by atoms with Gasteiger partial charge >= 0.3 is 12.3 Å². The Morgan fingerprint density at radius 1 is 1.26 bits per heavy atom. The van der Waals surface area contributed by atoms with E-state index >= 15 is 0 Å². The van der Waals surface area contributed by atoms with Crippen molar-refractivity contribution in [3.8, 4) is 11.5 Å². The van der Waals surface area contributed by atoms with Gasteiger partial charge in [-0.25, -0.2) is 0 Å². The Balaban J connectivity index is 1.80. The predicted octanol–water partition coefficient (Wildman–Crippen LogP) is 2.76. The third kappa shape index (κ3) is 6.35. The highest BCUT2D eigenvalue weighted by Crippen LogP contribution is 2.25. The fourth-order valence-electron chi connectivity index (χ4n) is 2.57. The lowest BCUT2D eigenvalue weighted by Crippen LogP contribution is -2.40. The molecule has 23 heavy (non-hydrogen) atoms. The minimum absolute atomic E-state index is 0.0139. The number of piperidine rings is 1. The highest BCUT2D eigenvalue weighted by molar-refractivity contribution is 5.69. The molecule has 5 nitrogen and oxygen atoms in total. The summed E-state index contributed by atoms with van der Waals surface area (Å²) in [5.74, 6) is -0.494. The molecule has 0 amide bonds. The Labute approximate surface area is 131 Å². The van der Waals surface area contributed by atoms with Gasteiger partial charge in [0.2, 0.25) is 0 Å². The van der Waals surface area contributed by atoms with Crippen molar-refractivity contribution in [2.24, 2.45) is 5.92 Å². The van der Waals surface area contributed by atoms with Crippen LogP contribution in [-0.4, -0.2) is 48.6 Å². The molecular weight excluding hydrogens is 315 g/mol. The first-order valence-electron chi connectivity index (χ1n) is 7.24. The molecule has 0 bridgehead atoms. The van der Waals surface area contributed by atoms with Gasteiger partial charge in [-0.1, -0.05) is 0 Å². The summed E-state index contributed by atoms with van der Waals surface area (Å²) in [6.45, 7) is 1.81. The quantitative estimate of drug-likeness (QED) is 0.867. The zero-order valence-electron chi connectivity index (χ0n) is 12.4. The van der Waals surface area contributed by atoms with Crippen LogP contribution in [0.3, 0.4) is 0 Å². The third-order valence-electron chi connectivity index (χ3n) is 3.50. The molecule has 1 aliphatic heterocycles. The van der Waals surface area contributed by atoms with Crippen molar-refractivity contribution in [1.29, 1.82) is 0 Å². The van der Waals surface area contributed by atoms with Crippen molar-refractivity contribution in [2.75, 3.05) is 26.2 Å². The summed E-state index contributed by atoms with van der Waals surface area (Å²) in [6.07, 6.45) is -2.87. The molecule has 0 aromatic heterocycles. The van der Waals surface area contributed by atoms with E-state index in [1.165, 1.54) is 24.3 Å². The van der Waals surface area contributed by atoms with E-state index in [1.54, 1.807) is 0 Å². The first kappa shape index (κ1) is 17.4. The number of carboxylic acid groups (broad SMARTS) is 1. The fraction of sp³-hybridized carbons (Fsp3) is 0.533. The van der Waals surface area contributed by atoms with Gasteiger partial charge in [-0.05, 0) is 43.7 Å². The average Bonchev–Trinajstić information content (AvgIpc) is 2.45. The SMILES string of the molecule is O=C(O)CN1CCC[C@@H](COc2ccc(OC(F)(F)F)cc2)C1. The monoisotopic (exact) mass is 333 g/mol. The first-order valence-corrected chi connectivity index (χ1v) is 7.24. The highest BCUT2D eigenvalue weighted by atomic mass is 19.4. The van der Waals surface area contributed by atoms with E-state index in [4.69, 9.17) is 9.84 Å². The summed E-state index contributed by atoms with van der Waals surface area (Å²) in [5, 5.41) is 8.80. The van der Waals surface area contributed by atoms with Crippen LogP contribution in [0.2, 0.25) is 0 Å². The van der Waals surface area contributed by atoms with Crippen LogP contribution in [-0.2, 0) is 4.79 Å². The standard InChI is InChI=1S/C15H18F3NO4/c16-15(17,18)23-13-5-3-12(4-6-13)22-10-11-2-1-7-19(8-11)9-14(20)21/h3-6,11H,1-2,7-10H2,(H,20,21)/t11-/m1/s1. The van der Waals surface area contributed by atoms with Gasteiger partial charge in [-0.2, -0.15) is 0 Å². The molecule has 0 unspecified atom stereocenters. The van der Waals surface area contributed by atoms with E-state index in [2.05, 4.69) is 4.74 Å². The van der Waals surface area contributed by atoms with Crippen LogP contribution < -0.4 is 9.47 Å². The number of alkyl halides is 3. The summed E-state index contributed by atoms with van der Waals surface area (Å²) in [7, 11) is 0. The summed E-state index contributed by atoms with van der Waals surface area (Å²) >= 11 is 0. The maximum Gasteiger partial charge on any atom is 0.573 e. The summed E-state index contributed by atoms with van der Waals surface area (Å²) in [5.41, 5.74) is 0. The number of benzene rings is 1. The molecule has 1 aliphatic rings. The number of likely N-dealkylation sites (tertiary alicyclic amines) is 1. The van der Waals surface area contributed by atoms with Crippen LogP contribution in [0.15, 0.2) is 24.3 Å². The van der Waals surface area contributed by atoms with E-state index in [0.717, 1.165) is 19.4 Å². The molecule has 0 aliphatic carbocycles. The van der Waals surface area contributed by atoms with E-state index in [1.807, 2.05) is 4.90 Å². The van der Waals surface area contributed by atoms with E-state index in [9.17, 15) is 18.0 Å². The number of halogens is 3. The molecule has 1 heterocycles. The molecule has 1 fully saturated rings. The smallest absolute Gasteiger partial charge is 0.493 e. The zero-order chi connectivity index (χ0) is 16.9. The minimum Gasteiger partial charge on any atom is -0.493 e. The van der Waals surface area contributed by atoms with Crippen molar-refractivity contribution in [3.63, 3.8) is 0 Å². The predicted molar refractivity (Wildman–Crippen MR) is 75.4 cm³/mol. The molecule has 1 N–H and O–H groups in total. The second kappa shape index (κ2) is 7.54. The molecule has 0 saturated carbocycles. The maximum absolute atomic E-state index is 12.1. The fourth-order valence-corrected chi connectivity index (χ4v) is 2.57. The van der Waals surface area contributed by atoms with Crippen LogP contribution in [0, 0.1) is 5.92 Å². The van der Waals surface area contributed by atoms with Gasteiger partial charge in [0.15, 0.2) is 0 Å². The molecular formula is C15H18F3NO4. The summed E-state index contributed by atoms with van der Waals surface area (Å²) in [6, 6.07) is 5.22. The van der Waals surface area contributed by atoms with Crippen LogP contribution in [0.5, 0.6) is 11.5 Å². The number of rotatable bonds is 6. The maximum atomic E-state index is 12.1. The van der Waals surface area contributed by atoms with Crippen molar-refractivity contribution in [2.45, 2.75) is 19.2 Å². The van der Waals surface area contributed by atoms with Crippen LogP contribution >= 0.6 is 0 Å². The van der Waals surface area contributed by atoms with E-state index in [-0.39, 0.29) is 18.2 Å². The lowest BCUT2D eigenvalue weighted by Gasteiger charge is -2.31. The Kier molecular flexibility index (Phi) is 5.70. The van der Waals surface area contributed by atoms with E-state index in [0.29, 0.717) is 18.9 Å². The van der Waals surface area contributed by atoms with Gasteiger partial charge in [0.1, 0.15) is 11.5 Å². The summed E-state index contributed by atoms with van der Waals surface area (Å²) < 4.78 is 45.5. The first-order chi connectivity index (χ1) is 10.8. The molecule has 1 aromatic rings. The highest BCUT2D eigenvalue weighted by Gasteiger charge is 2.31. The van der Waals surface area contributed by atoms with Gasteiger partial charge in [-0.3, -0.25) is 9.69 Å². The number of carboxylic acids is 1. The second-order valence-corrected chi connectivity index (χ2v) is 5.47. The number of hydrogen-bond acceptors (Lipinski definition) is 4. The largest absolute Gasteiger partial charge is 0.573 e. The van der Waals surface area contributed by atoms with Gasteiger partial charge < -0.3 is 14.6 Å². The summed E-state index contributed by atoms with van der Waals surface area (Å²) in [4.78, 5) is 12.6. The Bertz CT molecular complexity index is 518. The Hall–Kier alpha value is -1.96.